The quantitative estimate of drug-likeness (QED) is 0.664. The van der Waals surface area contributed by atoms with Crippen molar-refractivity contribution in [1.82, 2.24) is 14.9 Å². The van der Waals surface area contributed by atoms with Gasteiger partial charge in [0.1, 0.15) is 17.2 Å². The summed E-state index contributed by atoms with van der Waals surface area (Å²) >= 11 is 0. The van der Waals surface area contributed by atoms with Crippen LogP contribution in [0, 0.1) is 0 Å². The number of amides is 1. The first-order valence-corrected chi connectivity index (χ1v) is 10.0. The van der Waals surface area contributed by atoms with Gasteiger partial charge in [0.05, 0.1) is 0 Å². The molecule has 6 nitrogen and oxygen atoms in total. The highest BCUT2D eigenvalue weighted by molar-refractivity contribution is 5.92. The molecule has 1 amide bonds. The van der Waals surface area contributed by atoms with Crippen LogP contribution in [0.4, 0.5) is 11.6 Å². The van der Waals surface area contributed by atoms with Crippen LogP contribution in [0.1, 0.15) is 36.2 Å². The Bertz CT molecular complexity index is 937. The van der Waals surface area contributed by atoms with Gasteiger partial charge in [0.2, 0.25) is 5.95 Å². The van der Waals surface area contributed by atoms with Gasteiger partial charge in [0.25, 0.3) is 5.91 Å². The predicted octanol–water partition coefficient (Wildman–Crippen LogP) is 5.03. The topological polar surface area (TPSA) is 67.3 Å². The van der Waals surface area contributed by atoms with Crippen molar-refractivity contribution in [3.8, 4) is 11.5 Å². The van der Waals surface area contributed by atoms with E-state index in [-0.39, 0.29) is 5.91 Å². The number of carbonyl (C=O) groups excluding carboxylic acids is 1. The van der Waals surface area contributed by atoms with E-state index in [4.69, 9.17) is 4.74 Å². The second-order valence-electron chi connectivity index (χ2n) is 7.04. The number of benzene rings is 2. The molecular formula is C23H24N4O2. The van der Waals surface area contributed by atoms with Gasteiger partial charge in [0, 0.05) is 25.0 Å². The molecule has 1 saturated heterocycles. The van der Waals surface area contributed by atoms with Gasteiger partial charge in [-0.05, 0) is 55.3 Å². The molecule has 1 fully saturated rings. The first kappa shape index (κ1) is 18.9. The second kappa shape index (κ2) is 9.19. The molecule has 2 heterocycles. The Labute approximate surface area is 170 Å². The van der Waals surface area contributed by atoms with E-state index in [1.807, 2.05) is 59.5 Å². The molecule has 0 atom stereocenters. The predicted molar refractivity (Wildman–Crippen MR) is 113 cm³/mol. The van der Waals surface area contributed by atoms with E-state index in [9.17, 15) is 4.79 Å². The Hall–Kier alpha value is -3.41. The summed E-state index contributed by atoms with van der Waals surface area (Å²) in [4.78, 5) is 23.3. The van der Waals surface area contributed by atoms with E-state index in [2.05, 4.69) is 15.3 Å². The summed E-state index contributed by atoms with van der Waals surface area (Å²) in [6.07, 6.45) is 6.10. The zero-order valence-electron chi connectivity index (χ0n) is 16.3. The van der Waals surface area contributed by atoms with E-state index in [0.29, 0.717) is 11.6 Å². The third kappa shape index (κ3) is 5.10. The third-order valence-electron chi connectivity index (χ3n) is 4.86. The maximum absolute atomic E-state index is 12.8. The van der Waals surface area contributed by atoms with Crippen molar-refractivity contribution >= 4 is 17.5 Å². The minimum absolute atomic E-state index is 0.0241. The van der Waals surface area contributed by atoms with Crippen molar-refractivity contribution < 1.29 is 9.53 Å². The van der Waals surface area contributed by atoms with Gasteiger partial charge in [-0.25, -0.2) is 9.97 Å². The molecule has 3 aromatic rings. The number of ether oxygens (including phenoxy) is 1. The molecule has 0 saturated carbocycles. The molecule has 2 aromatic carbocycles. The fourth-order valence-corrected chi connectivity index (χ4v) is 3.33. The van der Waals surface area contributed by atoms with Crippen molar-refractivity contribution in [2.75, 3.05) is 18.4 Å². The van der Waals surface area contributed by atoms with Crippen molar-refractivity contribution in [1.29, 1.82) is 0 Å². The summed E-state index contributed by atoms with van der Waals surface area (Å²) in [5.74, 6) is 1.91. The van der Waals surface area contributed by atoms with E-state index in [1.54, 1.807) is 12.3 Å². The molecule has 0 radical (unpaired) electrons. The van der Waals surface area contributed by atoms with Crippen LogP contribution in [0.5, 0.6) is 11.5 Å². The minimum Gasteiger partial charge on any atom is -0.457 e. The number of para-hydroxylation sites is 1. The van der Waals surface area contributed by atoms with Crippen LogP contribution in [-0.4, -0.2) is 33.9 Å². The number of hydrogen-bond donors (Lipinski definition) is 1. The minimum atomic E-state index is -0.0241. The van der Waals surface area contributed by atoms with E-state index in [1.165, 1.54) is 12.8 Å². The second-order valence-corrected chi connectivity index (χ2v) is 7.04. The lowest BCUT2D eigenvalue weighted by molar-refractivity contribution is 0.0755. The van der Waals surface area contributed by atoms with Crippen molar-refractivity contribution in [3.05, 3.63) is 72.6 Å². The number of nitrogens with zero attached hydrogens (tertiary/aromatic N) is 3. The number of nitrogens with one attached hydrogen (secondary N) is 1. The summed E-state index contributed by atoms with van der Waals surface area (Å²) in [7, 11) is 0. The fraction of sp³-hybridized carbons (Fsp3) is 0.261. The van der Waals surface area contributed by atoms with E-state index >= 15 is 0 Å². The Balaban J connectivity index is 1.41. The Morgan fingerprint density at radius 1 is 0.862 bits per heavy atom. The largest absolute Gasteiger partial charge is 0.457 e. The van der Waals surface area contributed by atoms with Gasteiger partial charge in [-0.15, -0.1) is 0 Å². The molecule has 6 heteroatoms. The zero-order chi connectivity index (χ0) is 19.9. The monoisotopic (exact) mass is 388 g/mol. The highest BCUT2D eigenvalue weighted by atomic mass is 16.5. The van der Waals surface area contributed by atoms with Gasteiger partial charge in [-0.2, -0.15) is 0 Å². The molecule has 0 aliphatic carbocycles. The summed E-state index contributed by atoms with van der Waals surface area (Å²) < 4.78 is 5.80. The lowest BCUT2D eigenvalue weighted by Crippen LogP contribution is -2.32. The molecule has 0 bridgehead atoms. The Morgan fingerprint density at radius 3 is 2.28 bits per heavy atom. The molecule has 0 spiro atoms. The highest BCUT2D eigenvalue weighted by Crippen LogP contribution is 2.23. The number of aromatic nitrogens is 2. The van der Waals surface area contributed by atoms with Crippen LogP contribution in [-0.2, 0) is 0 Å². The van der Waals surface area contributed by atoms with Gasteiger partial charge < -0.3 is 15.0 Å². The molecule has 1 aromatic heterocycles. The van der Waals surface area contributed by atoms with Crippen LogP contribution in [0.2, 0.25) is 0 Å². The van der Waals surface area contributed by atoms with Crippen molar-refractivity contribution in [2.24, 2.45) is 0 Å². The Morgan fingerprint density at radius 2 is 1.55 bits per heavy atom. The van der Waals surface area contributed by atoms with Crippen LogP contribution in [0.3, 0.4) is 0 Å². The highest BCUT2D eigenvalue weighted by Gasteiger charge is 2.19. The smallest absolute Gasteiger partial charge is 0.272 e. The number of anilines is 2. The van der Waals surface area contributed by atoms with Gasteiger partial charge in [-0.1, -0.05) is 31.0 Å². The van der Waals surface area contributed by atoms with Gasteiger partial charge in [-0.3, -0.25) is 4.79 Å². The standard InChI is InChI=1S/C23H24N4O2/c28-22(27-16-6-1-2-7-17-27)21-14-15-24-23(26-21)25-18-10-12-20(13-11-18)29-19-8-4-3-5-9-19/h3-5,8-15H,1-2,6-7,16-17H2,(H,24,25,26). The molecule has 0 unspecified atom stereocenters. The summed E-state index contributed by atoms with van der Waals surface area (Å²) in [5, 5.41) is 3.16. The molecule has 1 N–H and O–H groups in total. The van der Waals surface area contributed by atoms with E-state index in [0.717, 1.165) is 43.1 Å². The molecule has 4 rings (SSSR count). The molecule has 1 aliphatic heterocycles. The van der Waals surface area contributed by atoms with Crippen LogP contribution in [0.15, 0.2) is 66.9 Å². The average Bonchev–Trinajstić information content (AvgIpc) is 3.05. The van der Waals surface area contributed by atoms with Gasteiger partial charge in [0.15, 0.2) is 0 Å². The number of likely N-dealkylation sites (tertiary alicyclic amines) is 1. The maximum atomic E-state index is 12.8. The van der Waals surface area contributed by atoms with Crippen molar-refractivity contribution in [2.45, 2.75) is 25.7 Å². The zero-order valence-corrected chi connectivity index (χ0v) is 16.3. The van der Waals surface area contributed by atoms with Crippen LogP contribution < -0.4 is 10.1 Å². The number of rotatable bonds is 5. The maximum Gasteiger partial charge on any atom is 0.272 e. The van der Waals surface area contributed by atoms with Crippen molar-refractivity contribution in [3.63, 3.8) is 0 Å². The van der Waals surface area contributed by atoms with E-state index < -0.39 is 0 Å². The van der Waals surface area contributed by atoms with Crippen LogP contribution >= 0.6 is 0 Å². The average molecular weight is 388 g/mol. The lowest BCUT2D eigenvalue weighted by Gasteiger charge is -2.19. The number of carbonyl (C=O) groups is 1. The molecule has 29 heavy (non-hydrogen) atoms. The SMILES string of the molecule is O=C(c1ccnc(Nc2ccc(Oc3ccccc3)cc2)n1)N1CCCCCC1. The molecule has 148 valence electrons. The molecule has 1 aliphatic rings. The normalized spacial score (nSPS) is 14.1. The molecular weight excluding hydrogens is 364 g/mol. The first-order chi connectivity index (χ1) is 14.3. The first-order valence-electron chi connectivity index (χ1n) is 10.0. The fourth-order valence-electron chi connectivity index (χ4n) is 3.33. The summed E-state index contributed by atoms with van der Waals surface area (Å²) in [5.41, 5.74) is 1.25. The lowest BCUT2D eigenvalue weighted by atomic mass is 10.2. The summed E-state index contributed by atoms with van der Waals surface area (Å²) in [6.45, 7) is 1.60. The van der Waals surface area contributed by atoms with Gasteiger partial charge >= 0.3 is 0 Å². The van der Waals surface area contributed by atoms with Crippen LogP contribution in [0.25, 0.3) is 0 Å². The summed E-state index contributed by atoms with van der Waals surface area (Å²) in [6, 6.07) is 18.9. The third-order valence-corrected chi connectivity index (χ3v) is 4.86. The number of hydrogen-bond acceptors (Lipinski definition) is 5. The Kier molecular flexibility index (Phi) is 6.00.